The zero-order valence-corrected chi connectivity index (χ0v) is 23.5. The second kappa shape index (κ2) is 9.50. The first-order valence-corrected chi connectivity index (χ1v) is 13.4. The molecule has 2 amide bonds. The van der Waals surface area contributed by atoms with E-state index in [-0.39, 0.29) is 23.6 Å². The molecular formula is C28H24Cl2N6O4. The van der Waals surface area contributed by atoms with Gasteiger partial charge in [-0.25, -0.2) is 9.97 Å². The van der Waals surface area contributed by atoms with Crippen molar-refractivity contribution in [3.05, 3.63) is 75.7 Å². The molecule has 2 aromatic carbocycles. The minimum atomic E-state index is -1.59. The number of hydrogen-bond donors (Lipinski definition) is 1. The number of benzene rings is 2. The van der Waals surface area contributed by atoms with Crippen molar-refractivity contribution in [2.24, 2.45) is 0 Å². The smallest absolute Gasteiger partial charge is 0.319 e. The highest BCUT2D eigenvalue weighted by atomic mass is 35.5. The van der Waals surface area contributed by atoms with E-state index in [0.29, 0.717) is 50.7 Å². The van der Waals surface area contributed by atoms with Gasteiger partial charge in [0.25, 0.3) is 11.8 Å². The summed E-state index contributed by atoms with van der Waals surface area (Å²) in [5, 5.41) is 3.82. The first kappa shape index (κ1) is 26.1. The van der Waals surface area contributed by atoms with Gasteiger partial charge in [0, 0.05) is 39.2 Å². The van der Waals surface area contributed by atoms with Crippen molar-refractivity contribution in [2.75, 3.05) is 23.9 Å². The van der Waals surface area contributed by atoms with Gasteiger partial charge in [0.1, 0.15) is 5.82 Å². The molecule has 0 saturated carbocycles. The Morgan fingerprint density at radius 1 is 1.07 bits per heavy atom. The van der Waals surface area contributed by atoms with E-state index in [9.17, 15) is 9.59 Å². The van der Waals surface area contributed by atoms with Gasteiger partial charge in [-0.15, -0.1) is 0 Å². The molecule has 0 aliphatic carbocycles. The minimum Gasteiger partial charge on any atom is -0.480 e. The van der Waals surface area contributed by atoms with Gasteiger partial charge in [0.2, 0.25) is 5.88 Å². The second-order valence-electron chi connectivity index (χ2n) is 9.58. The molecule has 2 aromatic heterocycles. The third kappa shape index (κ3) is 3.59. The first-order valence-electron chi connectivity index (χ1n) is 12.6. The average molecular weight is 579 g/mol. The Morgan fingerprint density at radius 2 is 1.85 bits per heavy atom. The summed E-state index contributed by atoms with van der Waals surface area (Å²) < 4.78 is 12.9. The maximum Gasteiger partial charge on any atom is 0.319 e. The highest BCUT2D eigenvalue weighted by molar-refractivity contribution is 6.32. The van der Waals surface area contributed by atoms with Gasteiger partial charge in [-0.1, -0.05) is 35.3 Å². The van der Waals surface area contributed by atoms with E-state index in [2.05, 4.69) is 15.3 Å². The number of ether oxygens (including phenoxy) is 2. The predicted molar refractivity (Wildman–Crippen MR) is 150 cm³/mol. The van der Waals surface area contributed by atoms with Crippen molar-refractivity contribution in [2.45, 2.75) is 32.4 Å². The number of fused-ring (bicyclic) bond motifs is 4. The summed E-state index contributed by atoms with van der Waals surface area (Å²) in [5.41, 5.74) is 0.914. The molecule has 1 N–H and O–H groups in total. The number of hydrogen-bond acceptors (Lipinski definition) is 7. The summed E-state index contributed by atoms with van der Waals surface area (Å²) in [6, 6.07) is 11.9. The summed E-state index contributed by atoms with van der Waals surface area (Å²) in [7, 11) is 1.48. The van der Waals surface area contributed by atoms with E-state index < -0.39 is 17.4 Å². The molecule has 2 aliphatic rings. The summed E-state index contributed by atoms with van der Waals surface area (Å²) >= 11 is 12.6. The van der Waals surface area contributed by atoms with Gasteiger partial charge in [0.15, 0.2) is 11.2 Å². The van der Waals surface area contributed by atoms with Crippen molar-refractivity contribution in [1.29, 1.82) is 0 Å². The standard InChI is InChI=1S/C28H24Cl2N6O4/c1-5-40-27-31-13-18(24(34-27)39-4)23-33-21-22(35(23)14(2)3)28(19-10-9-16(30)12-20(19)32-26(28)38)36(25(21)37)17-8-6-7-15(29)11-17/h6-14H,5H2,1-4H3,(H,32,38)/t28-/m0/s1. The number of carbonyl (C=O) groups excluding carboxylic acids is 2. The lowest BCUT2D eigenvalue weighted by molar-refractivity contribution is -0.119. The molecule has 1 atom stereocenters. The van der Waals surface area contributed by atoms with Gasteiger partial charge < -0.3 is 19.4 Å². The van der Waals surface area contributed by atoms with Crippen LogP contribution in [0.25, 0.3) is 11.4 Å². The number of nitrogens with zero attached hydrogens (tertiary/aromatic N) is 5. The first-order chi connectivity index (χ1) is 19.2. The molecule has 4 heterocycles. The van der Waals surface area contributed by atoms with Gasteiger partial charge in [0.05, 0.1) is 25.0 Å². The van der Waals surface area contributed by atoms with Crippen molar-refractivity contribution in [1.82, 2.24) is 19.5 Å². The van der Waals surface area contributed by atoms with E-state index >= 15 is 0 Å². The van der Waals surface area contributed by atoms with Crippen LogP contribution in [0.1, 0.15) is 48.6 Å². The molecule has 12 heteroatoms. The lowest BCUT2D eigenvalue weighted by Crippen LogP contribution is -2.51. The maximum absolute atomic E-state index is 14.3. The van der Waals surface area contributed by atoms with Gasteiger partial charge in [-0.3, -0.25) is 14.5 Å². The van der Waals surface area contributed by atoms with Crippen LogP contribution in [0.4, 0.5) is 11.4 Å². The molecule has 2 aliphatic heterocycles. The van der Waals surface area contributed by atoms with Gasteiger partial charge in [-0.2, -0.15) is 4.98 Å². The van der Waals surface area contributed by atoms with Crippen LogP contribution >= 0.6 is 23.2 Å². The zero-order valence-electron chi connectivity index (χ0n) is 22.0. The van der Waals surface area contributed by atoms with Crippen molar-refractivity contribution in [3.63, 3.8) is 0 Å². The van der Waals surface area contributed by atoms with Crippen LogP contribution in [-0.4, -0.2) is 45.1 Å². The summed E-state index contributed by atoms with van der Waals surface area (Å²) in [4.78, 5) is 43.5. The Labute approximate surface area is 239 Å². The maximum atomic E-state index is 14.3. The zero-order chi connectivity index (χ0) is 28.3. The fraction of sp³-hybridized carbons (Fsp3) is 0.250. The SMILES string of the molecule is CCOc1ncc(-c2nc3c(n2C(C)C)[C@@]2(C(=O)Nc4cc(Cl)ccc42)N(c2cccc(Cl)c2)C3=O)c(OC)n1. The van der Waals surface area contributed by atoms with Crippen LogP contribution in [0.2, 0.25) is 10.0 Å². The lowest BCUT2D eigenvalue weighted by Gasteiger charge is -2.35. The number of anilines is 2. The lowest BCUT2D eigenvalue weighted by atomic mass is 9.87. The molecule has 40 heavy (non-hydrogen) atoms. The van der Waals surface area contributed by atoms with Crippen LogP contribution in [0.15, 0.2) is 48.7 Å². The topological polar surface area (TPSA) is 111 Å². The quantitative estimate of drug-likeness (QED) is 0.322. The number of nitrogens with one attached hydrogen (secondary N) is 1. The Bertz CT molecular complexity index is 1700. The normalized spacial score (nSPS) is 17.4. The summed E-state index contributed by atoms with van der Waals surface area (Å²) in [5.74, 6) is -0.268. The second-order valence-corrected chi connectivity index (χ2v) is 10.5. The predicted octanol–water partition coefficient (Wildman–Crippen LogP) is 5.49. The molecule has 0 bridgehead atoms. The van der Waals surface area contributed by atoms with E-state index in [0.717, 1.165) is 0 Å². The number of imidazole rings is 1. The molecule has 4 aromatic rings. The third-order valence-corrected chi connectivity index (χ3v) is 7.44. The molecule has 6 rings (SSSR count). The van der Waals surface area contributed by atoms with E-state index in [1.54, 1.807) is 48.7 Å². The van der Waals surface area contributed by atoms with Crippen LogP contribution in [0.5, 0.6) is 11.9 Å². The van der Waals surface area contributed by atoms with E-state index in [1.165, 1.54) is 12.0 Å². The molecule has 204 valence electrons. The highest BCUT2D eigenvalue weighted by Crippen LogP contribution is 2.54. The molecule has 0 unspecified atom stereocenters. The number of aromatic nitrogens is 4. The number of halogens is 2. The Hall–Kier alpha value is -4.15. The van der Waals surface area contributed by atoms with Gasteiger partial charge >= 0.3 is 6.01 Å². The summed E-state index contributed by atoms with van der Waals surface area (Å²) in [6.45, 7) is 6.10. The number of methoxy groups -OCH3 is 1. The number of carbonyl (C=O) groups is 2. The van der Waals surface area contributed by atoms with E-state index in [1.807, 2.05) is 25.3 Å². The monoisotopic (exact) mass is 578 g/mol. The Balaban J connectivity index is 1.69. The molecule has 0 radical (unpaired) electrons. The largest absolute Gasteiger partial charge is 0.480 e. The van der Waals surface area contributed by atoms with Crippen molar-refractivity contribution < 1.29 is 19.1 Å². The molecule has 0 fully saturated rings. The van der Waals surface area contributed by atoms with Crippen LogP contribution in [0, 0.1) is 0 Å². The molecule has 10 nitrogen and oxygen atoms in total. The third-order valence-electron chi connectivity index (χ3n) is 6.97. The number of rotatable bonds is 6. The summed E-state index contributed by atoms with van der Waals surface area (Å²) in [6.07, 6.45) is 1.54. The van der Waals surface area contributed by atoms with Crippen LogP contribution in [-0.2, 0) is 10.3 Å². The van der Waals surface area contributed by atoms with Crippen LogP contribution in [0.3, 0.4) is 0 Å². The number of amides is 2. The van der Waals surface area contributed by atoms with Gasteiger partial charge in [-0.05, 0) is 51.1 Å². The molecule has 0 saturated heterocycles. The van der Waals surface area contributed by atoms with Crippen LogP contribution < -0.4 is 19.7 Å². The minimum absolute atomic E-state index is 0.123. The molecular weight excluding hydrogens is 555 g/mol. The highest BCUT2D eigenvalue weighted by Gasteiger charge is 2.64. The van der Waals surface area contributed by atoms with Crippen molar-refractivity contribution >= 4 is 46.4 Å². The Kier molecular flexibility index (Phi) is 6.19. The van der Waals surface area contributed by atoms with Crippen molar-refractivity contribution in [3.8, 4) is 23.3 Å². The Morgan fingerprint density at radius 3 is 2.55 bits per heavy atom. The average Bonchev–Trinajstić information content (AvgIpc) is 3.52. The van der Waals surface area contributed by atoms with E-state index in [4.69, 9.17) is 37.7 Å². The molecule has 1 spiro atoms. The fourth-order valence-corrected chi connectivity index (χ4v) is 5.85. The fourth-order valence-electron chi connectivity index (χ4n) is 5.50.